The molecule has 1 aromatic heterocycles. The van der Waals surface area contributed by atoms with Crippen molar-refractivity contribution in [2.75, 3.05) is 5.32 Å². The van der Waals surface area contributed by atoms with Gasteiger partial charge in [-0.2, -0.15) is 5.10 Å². The number of nitrogens with zero attached hydrogens (tertiary/aromatic N) is 2. The van der Waals surface area contributed by atoms with Gasteiger partial charge in [-0.05, 0) is 45.1 Å². The van der Waals surface area contributed by atoms with Gasteiger partial charge in [0.15, 0.2) is 5.11 Å². The van der Waals surface area contributed by atoms with E-state index in [0.717, 1.165) is 17.8 Å². The maximum absolute atomic E-state index is 6.14. The summed E-state index contributed by atoms with van der Waals surface area (Å²) in [6.45, 7) is 6.93. The summed E-state index contributed by atoms with van der Waals surface area (Å²) in [5.74, 6) is 0. The van der Waals surface area contributed by atoms with Crippen molar-refractivity contribution in [1.29, 1.82) is 0 Å². The molecule has 0 aliphatic carbocycles. The number of aryl methyl sites for hydroxylation is 2. The van der Waals surface area contributed by atoms with Crippen LogP contribution in [0.25, 0.3) is 0 Å². The van der Waals surface area contributed by atoms with E-state index in [0.29, 0.717) is 20.8 Å². The summed E-state index contributed by atoms with van der Waals surface area (Å²) in [5, 5.41) is 12.2. The van der Waals surface area contributed by atoms with Gasteiger partial charge in [-0.25, -0.2) is 0 Å². The minimum absolute atomic E-state index is 0.0401. The van der Waals surface area contributed by atoms with Crippen molar-refractivity contribution < 1.29 is 0 Å². The van der Waals surface area contributed by atoms with Crippen LogP contribution in [-0.4, -0.2) is 14.9 Å². The molecule has 118 valence electrons. The van der Waals surface area contributed by atoms with Gasteiger partial charge in [0, 0.05) is 18.3 Å². The SMILES string of the molecule is CCn1cc(C(C)NC(=S)Nc2cccc(Cl)c2Cl)c(C)n1. The molecule has 2 N–H and O–H groups in total. The first-order valence-corrected chi connectivity index (χ1v) is 8.14. The largest absolute Gasteiger partial charge is 0.356 e. The van der Waals surface area contributed by atoms with E-state index in [2.05, 4.69) is 22.7 Å². The van der Waals surface area contributed by atoms with Crippen LogP contribution in [0.4, 0.5) is 5.69 Å². The van der Waals surface area contributed by atoms with Crippen molar-refractivity contribution in [3.8, 4) is 0 Å². The summed E-state index contributed by atoms with van der Waals surface area (Å²) in [6.07, 6.45) is 2.03. The Labute approximate surface area is 145 Å². The molecule has 1 aromatic carbocycles. The molecule has 22 heavy (non-hydrogen) atoms. The fourth-order valence-corrected chi connectivity index (χ4v) is 2.79. The molecule has 0 spiro atoms. The highest BCUT2D eigenvalue weighted by atomic mass is 35.5. The molecular weight excluding hydrogens is 339 g/mol. The fraction of sp³-hybridized carbons (Fsp3) is 0.333. The van der Waals surface area contributed by atoms with Crippen LogP contribution in [0.15, 0.2) is 24.4 Å². The molecule has 1 heterocycles. The highest BCUT2D eigenvalue weighted by Gasteiger charge is 2.14. The first-order chi connectivity index (χ1) is 10.4. The number of anilines is 1. The van der Waals surface area contributed by atoms with Crippen LogP contribution < -0.4 is 10.6 Å². The zero-order chi connectivity index (χ0) is 16.3. The van der Waals surface area contributed by atoms with Gasteiger partial charge in [0.25, 0.3) is 0 Å². The number of hydrogen-bond acceptors (Lipinski definition) is 2. The smallest absolute Gasteiger partial charge is 0.171 e. The third-order valence-corrected chi connectivity index (χ3v) is 4.36. The first kappa shape index (κ1) is 17.1. The first-order valence-electron chi connectivity index (χ1n) is 6.97. The summed E-state index contributed by atoms with van der Waals surface area (Å²) < 4.78 is 1.91. The number of thiocarbonyl (C=S) groups is 1. The summed E-state index contributed by atoms with van der Waals surface area (Å²) >= 11 is 17.5. The van der Waals surface area contributed by atoms with Crippen molar-refractivity contribution in [3.05, 3.63) is 45.7 Å². The Bertz CT molecular complexity index is 684. The second-order valence-corrected chi connectivity index (χ2v) is 6.14. The zero-order valence-electron chi connectivity index (χ0n) is 12.7. The lowest BCUT2D eigenvalue weighted by atomic mass is 10.1. The van der Waals surface area contributed by atoms with Crippen molar-refractivity contribution in [2.45, 2.75) is 33.4 Å². The lowest BCUT2D eigenvalue weighted by Gasteiger charge is -2.17. The van der Waals surface area contributed by atoms with Gasteiger partial charge >= 0.3 is 0 Å². The van der Waals surface area contributed by atoms with Gasteiger partial charge in [0.1, 0.15) is 0 Å². The summed E-state index contributed by atoms with van der Waals surface area (Å²) in [7, 11) is 0. The maximum atomic E-state index is 6.14. The monoisotopic (exact) mass is 356 g/mol. The van der Waals surface area contributed by atoms with Crippen LogP contribution >= 0.6 is 35.4 Å². The minimum atomic E-state index is 0.0401. The quantitative estimate of drug-likeness (QED) is 0.787. The topological polar surface area (TPSA) is 41.9 Å². The predicted octanol–water partition coefficient (Wildman–Crippen LogP) is 4.57. The third kappa shape index (κ3) is 3.91. The number of hydrogen-bond donors (Lipinski definition) is 2. The minimum Gasteiger partial charge on any atom is -0.356 e. The molecule has 1 unspecified atom stereocenters. The Kier molecular flexibility index (Phi) is 5.67. The molecule has 2 rings (SSSR count). The van der Waals surface area contributed by atoms with E-state index in [1.54, 1.807) is 6.07 Å². The summed E-state index contributed by atoms with van der Waals surface area (Å²) in [6, 6.07) is 5.42. The Balaban J connectivity index is 2.05. The summed E-state index contributed by atoms with van der Waals surface area (Å²) in [4.78, 5) is 0. The molecule has 0 aliphatic rings. The van der Waals surface area contributed by atoms with Crippen LogP contribution in [-0.2, 0) is 6.54 Å². The Morgan fingerprint density at radius 3 is 2.77 bits per heavy atom. The predicted molar refractivity (Wildman–Crippen MR) is 96.9 cm³/mol. The molecule has 0 radical (unpaired) electrons. The number of rotatable bonds is 4. The van der Waals surface area contributed by atoms with E-state index in [-0.39, 0.29) is 6.04 Å². The number of nitrogens with one attached hydrogen (secondary N) is 2. The normalized spacial score (nSPS) is 12.0. The highest BCUT2D eigenvalue weighted by Crippen LogP contribution is 2.29. The number of halogens is 2. The molecule has 1 atom stereocenters. The molecular formula is C15H18Cl2N4S. The molecule has 0 aliphatic heterocycles. The second-order valence-electron chi connectivity index (χ2n) is 4.95. The lowest BCUT2D eigenvalue weighted by molar-refractivity contribution is 0.651. The number of benzene rings is 1. The lowest BCUT2D eigenvalue weighted by Crippen LogP contribution is -2.31. The van der Waals surface area contributed by atoms with Gasteiger partial charge < -0.3 is 10.6 Å². The summed E-state index contributed by atoms with van der Waals surface area (Å²) in [5.41, 5.74) is 2.79. The standard InChI is InChI=1S/C15H18Cl2N4S/c1-4-21-8-11(10(3)20-21)9(2)18-15(22)19-13-7-5-6-12(16)14(13)17/h5-9H,4H2,1-3H3,(H2,18,19,22). The van der Waals surface area contributed by atoms with E-state index >= 15 is 0 Å². The van der Waals surface area contributed by atoms with Crippen LogP contribution in [0.5, 0.6) is 0 Å². The number of aromatic nitrogens is 2. The maximum Gasteiger partial charge on any atom is 0.171 e. The molecule has 7 heteroatoms. The van der Waals surface area contributed by atoms with Crippen LogP contribution in [0.2, 0.25) is 10.0 Å². The molecule has 4 nitrogen and oxygen atoms in total. The van der Waals surface area contributed by atoms with Crippen molar-refractivity contribution in [1.82, 2.24) is 15.1 Å². The molecule has 0 fully saturated rings. The van der Waals surface area contributed by atoms with E-state index in [1.165, 1.54) is 0 Å². The van der Waals surface area contributed by atoms with E-state index in [9.17, 15) is 0 Å². The highest BCUT2D eigenvalue weighted by molar-refractivity contribution is 7.80. The van der Waals surface area contributed by atoms with Gasteiger partial charge in [-0.1, -0.05) is 29.3 Å². The van der Waals surface area contributed by atoms with Gasteiger partial charge in [0.05, 0.1) is 27.5 Å². The molecule has 0 saturated heterocycles. The zero-order valence-corrected chi connectivity index (χ0v) is 15.0. The van der Waals surface area contributed by atoms with E-state index < -0.39 is 0 Å². The Morgan fingerprint density at radius 2 is 2.14 bits per heavy atom. The molecule has 0 amide bonds. The van der Waals surface area contributed by atoms with Crippen LogP contribution in [0, 0.1) is 6.92 Å². The molecule has 2 aromatic rings. The average Bonchev–Trinajstić information content (AvgIpc) is 2.85. The van der Waals surface area contributed by atoms with E-state index in [4.69, 9.17) is 35.4 Å². The van der Waals surface area contributed by atoms with Crippen molar-refractivity contribution in [3.63, 3.8) is 0 Å². The fourth-order valence-electron chi connectivity index (χ4n) is 2.15. The van der Waals surface area contributed by atoms with Crippen LogP contribution in [0.1, 0.15) is 31.1 Å². The van der Waals surface area contributed by atoms with Crippen molar-refractivity contribution in [2.24, 2.45) is 0 Å². The molecule has 0 saturated carbocycles. The third-order valence-electron chi connectivity index (χ3n) is 3.32. The molecule has 0 bridgehead atoms. The van der Waals surface area contributed by atoms with Gasteiger partial charge in [-0.15, -0.1) is 0 Å². The van der Waals surface area contributed by atoms with Crippen LogP contribution in [0.3, 0.4) is 0 Å². The van der Waals surface area contributed by atoms with E-state index in [1.807, 2.05) is 36.9 Å². The Morgan fingerprint density at radius 1 is 1.41 bits per heavy atom. The Hall–Kier alpha value is -1.30. The van der Waals surface area contributed by atoms with Crippen molar-refractivity contribution >= 4 is 46.2 Å². The van der Waals surface area contributed by atoms with Gasteiger partial charge in [-0.3, -0.25) is 4.68 Å². The average molecular weight is 357 g/mol. The van der Waals surface area contributed by atoms with Gasteiger partial charge in [0.2, 0.25) is 0 Å². The second kappa shape index (κ2) is 7.31.